The van der Waals surface area contributed by atoms with Crippen LogP contribution in [0.5, 0.6) is 0 Å². The molecule has 1 amide bonds. The van der Waals surface area contributed by atoms with Crippen LogP contribution >= 0.6 is 0 Å². The molecule has 0 aliphatic carbocycles. The Morgan fingerprint density at radius 1 is 1.13 bits per heavy atom. The Labute approximate surface area is 133 Å². The summed E-state index contributed by atoms with van der Waals surface area (Å²) in [4.78, 5) is 16.1. The van der Waals surface area contributed by atoms with E-state index in [2.05, 4.69) is 16.4 Å². The molecule has 2 aromatic heterocycles. The minimum Gasteiger partial charge on any atom is -0.357 e. The quantitative estimate of drug-likeness (QED) is 0.572. The second-order valence-corrected chi connectivity index (χ2v) is 5.84. The van der Waals surface area contributed by atoms with Crippen LogP contribution in [0.1, 0.15) is 16.1 Å². The van der Waals surface area contributed by atoms with Crippen molar-refractivity contribution in [2.75, 3.05) is 5.32 Å². The van der Waals surface area contributed by atoms with Gasteiger partial charge in [-0.15, -0.1) is 0 Å². The Morgan fingerprint density at radius 3 is 2.83 bits per heavy atom. The first kappa shape index (κ1) is 13.6. The number of nitrogens with zero attached hydrogens (tertiary/aromatic N) is 1. The number of hydrogen-bond acceptors (Lipinski definition) is 1. The van der Waals surface area contributed by atoms with Crippen LogP contribution in [0, 0.1) is 6.92 Å². The van der Waals surface area contributed by atoms with E-state index in [1.54, 1.807) is 0 Å². The first-order chi connectivity index (χ1) is 11.1. The average molecular weight is 303 g/mol. The third kappa shape index (κ3) is 2.19. The van der Waals surface area contributed by atoms with Gasteiger partial charge in [-0.2, -0.15) is 0 Å². The SMILES string of the molecule is Cc1cc2cccc(NC(=O)c3cccc4c3ccn4C)c2[nH]1. The number of anilines is 1. The third-order valence-corrected chi connectivity index (χ3v) is 4.21. The lowest BCUT2D eigenvalue weighted by Gasteiger charge is -2.08. The lowest BCUT2D eigenvalue weighted by atomic mass is 10.1. The van der Waals surface area contributed by atoms with Crippen molar-refractivity contribution in [2.45, 2.75) is 6.92 Å². The number of hydrogen-bond donors (Lipinski definition) is 2. The maximum atomic E-state index is 12.8. The van der Waals surface area contributed by atoms with Crippen LogP contribution in [0.25, 0.3) is 21.8 Å². The molecule has 2 heterocycles. The van der Waals surface area contributed by atoms with Gasteiger partial charge in [0.2, 0.25) is 0 Å². The number of aromatic nitrogens is 2. The Kier molecular flexibility index (Phi) is 2.98. The number of para-hydroxylation sites is 1. The number of H-pyrrole nitrogens is 1. The van der Waals surface area contributed by atoms with E-state index in [-0.39, 0.29) is 5.91 Å². The van der Waals surface area contributed by atoms with Crippen molar-refractivity contribution in [1.82, 2.24) is 9.55 Å². The average Bonchev–Trinajstić information content (AvgIpc) is 3.10. The number of aryl methyl sites for hydroxylation is 2. The molecule has 0 radical (unpaired) electrons. The zero-order chi connectivity index (χ0) is 16.0. The fourth-order valence-corrected chi connectivity index (χ4v) is 3.09. The number of fused-ring (bicyclic) bond motifs is 2. The van der Waals surface area contributed by atoms with Crippen molar-refractivity contribution >= 4 is 33.4 Å². The van der Waals surface area contributed by atoms with Gasteiger partial charge in [0.05, 0.1) is 11.2 Å². The second kappa shape index (κ2) is 5.02. The van der Waals surface area contributed by atoms with Crippen LogP contribution in [0.4, 0.5) is 5.69 Å². The molecule has 4 rings (SSSR count). The highest BCUT2D eigenvalue weighted by Crippen LogP contribution is 2.25. The topological polar surface area (TPSA) is 49.8 Å². The fourth-order valence-electron chi connectivity index (χ4n) is 3.09. The molecule has 0 saturated heterocycles. The van der Waals surface area contributed by atoms with Crippen LogP contribution in [-0.4, -0.2) is 15.5 Å². The number of amides is 1. The van der Waals surface area contributed by atoms with E-state index < -0.39 is 0 Å². The molecule has 0 unspecified atom stereocenters. The lowest BCUT2D eigenvalue weighted by molar-refractivity contribution is 0.102. The first-order valence-electron chi connectivity index (χ1n) is 7.57. The summed E-state index contributed by atoms with van der Waals surface area (Å²) in [5.41, 5.74) is 4.56. The third-order valence-electron chi connectivity index (χ3n) is 4.21. The molecule has 0 bridgehead atoms. The van der Waals surface area contributed by atoms with Crippen molar-refractivity contribution in [3.8, 4) is 0 Å². The molecule has 2 N–H and O–H groups in total. The molecule has 114 valence electrons. The molecule has 0 fully saturated rings. The molecule has 2 aromatic carbocycles. The summed E-state index contributed by atoms with van der Waals surface area (Å²) in [6.45, 7) is 2.01. The van der Waals surface area contributed by atoms with Gasteiger partial charge in [0, 0.05) is 40.8 Å². The fraction of sp³-hybridized carbons (Fsp3) is 0.105. The van der Waals surface area contributed by atoms with Crippen LogP contribution < -0.4 is 5.32 Å². The maximum Gasteiger partial charge on any atom is 0.256 e. The molecule has 4 nitrogen and oxygen atoms in total. The van der Waals surface area contributed by atoms with Gasteiger partial charge in [0.15, 0.2) is 0 Å². The summed E-state index contributed by atoms with van der Waals surface area (Å²) in [5.74, 6) is -0.0958. The van der Waals surface area contributed by atoms with Gasteiger partial charge >= 0.3 is 0 Å². The summed E-state index contributed by atoms with van der Waals surface area (Å²) >= 11 is 0. The number of nitrogens with one attached hydrogen (secondary N) is 2. The lowest BCUT2D eigenvalue weighted by Crippen LogP contribution is -2.12. The van der Waals surface area contributed by atoms with Crippen LogP contribution in [-0.2, 0) is 7.05 Å². The van der Waals surface area contributed by atoms with Gasteiger partial charge in [0.25, 0.3) is 5.91 Å². The number of rotatable bonds is 2. The molecule has 0 aliphatic heterocycles. The van der Waals surface area contributed by atoms with E-state index in [0.717, 1.165) is 33.2 Å². The molecule has 0 aliphatic rings. The highest BCUT2D eigenvalue weighted by atomic mass is 16.1. The highest BCUT2D eigenvalue weighted by Gasteiger charge is 2.13. The van der Waals surface area contributed by atoms with E-state index in [1.807, 2.05) is 67.2 Å². The molecule has 4 heteroatoms. The molecule has 23 heavy (non-hydrogen) atoms. The van der Waals surface area contributed by atoms with Crippen molar-refractivity contribution < 1.29 is 4.79 Å². The normalized spacial score (nSPS) is 11.2. The molecule has 4 aromatic rings. The maximum absolute atomic E-state index is 12.8. The second-order valence-electron chi connectivity index (χ2n) is 5.84. The summed E-state index contributed by atoms with van der Waals surface area (Å²) in [7, 11) is 1.98. The van der Waals surface area contributed by atoms with Crippen molar-refractivity contribution in [1.29, 1.82) is 0 Å². The minimum atomic E-state index is -0.0958. The van der Waals surface area contributed by atoms with E-state index in [0.29, 0.717) is 5.56 Å². The predicted octanol–water partition coefficient (Wildman–Crippen LogP) is 4.22. The predicted molar refractivity (Wildman–Crippen MR) is 93.9 cm³/mol. The Hall–Kier alpha value is -3.01. The van der Waals surface area contributed by atoms with Crippen molar-refractivity contribution in [3.63, 3.8) is 0 Å². The standard InChI is InChI=1S/C19H17N3O/c1-12-11-13-5-3-7-16(18(13)20-12)21-19(23)15-6-4-8-17-14(15)9-10-22(17)2/h3-11,20H,1-2H3,(H,21,23). The van der Waals surface area contributed by atoms with Crippen LogP contribution in [0.3, 0.4) is 0 Å². The number of carbonyl (C=O) groups excluding carboxylic acids is 1. The van der Waals surface area contributed by atoms with Gasteiger partial charge in [-0.3, -0.25) is 4.79 Å². The zero-order valence-electron chi connectivity index (χ0n) is 13.1. The Morgan fingerprint density at radius 2 is 1.96 bits per heavy atom. The van der Waals surface area contributed by atoms with Gasteiger partial charge < -0.3 is 14.9 Å². The summed E-state index contributed by atoms with van der Waals surface area (Å²) in [5, 5.41) is 5.09. The molecule has 0 saturated carbocycles. The summed E-state index contributed by atoms with van der Waals surface area (Å²) in [6, 6.07) is 15.7. The largest absolute Gasteiger partial charge is 0.357 e. The number of carbonyl (C=O) groups is 1. The highest BCUT2D eigenvalue weighted by molar-refractivity contribution is 6.14. The van der Waals surface area contributed by atoms with Gasteiger partial charge in [-0.1, -0.05) is 18.2 Å². The zero-order valence-corrected chi connectivity index (χ0v) is 13.1. The van der Waals surface area contributed by atoms with Gasteiger partial charge in [-0.25, -0.2) is 0 Å². The molecular formula is C19H17N3O. The summed E-state index contributed by atoms with van der Waals surface area (Å²) < 4.78 is 2.02. The smallest absolute Gasteiger partial charge is 0.256 e. The first-order valence-corrected chi connectivity index (χ1v) is 7.57. The molecular weight excluding hydrogens is 286 g/mol. The van der Waals surface area contributed by atoms with E-state index in [1.165, 1.54) is 0 Å². The summed E-state index contributed by atoms with van der Waals surface area (Å²) in [6.07, 6.45) is 1.97. The minimum absolute atomic E-state index is 0.0958. The monoisotopic (exact) mass is 303 g/mol. The number of aromatic amines is 1. The van der Waals surface area contributed by atoms with Crippen LogP contribution in [0.15, 0.2) is 54.7 Å². The molecule has 0 spiro atoms. The Balaban J connectivity index is 1.76. The van der Waals surface area contributed by atoms with E-state index >= 15 is 0 Å². The van der Waals surface area contributed by atoms with Crippen LogP contribution in [0.2, 0.25) is 0 Å². The van der Waals surface area contributed by atoms with E-state index in [9.17, 15) is 4.79 Å². The van der Waals surface area contributed by atoms with Gasteiger partial charge in [-0.05, 0) is 37.3 Å². The van der Waals surface area contributed by atoms with Gasteiger partial charge in [0.1, 0.15) is 0 Å². The van der Waals surface area contributed by atoms with Crippen molar-refractivity contribution in [2.24, 2.45) is 7.05 Å². The van der Waals surface area contributed by atoms with Crippen molar-refractivity contribution in [3.05, 3.63) is 66.0 Å². The molecule has 0 atom stereocenters. The number of benzene rings is 2. The Bertz CT molecular complexity index is 1040. The van der Waals surface area contributed by atoms with E-state index in [4.69, 9.17) is 0 Å².